The highest BCUT2D eigenvalue weighted by molar-refractivity contribution is 5.97. The molecule has 0 radical (unpaired) electrons. The third-order valence-corrected chi connectivity index (χ3v) is 4.89. The van der Waals surface area contributed by atoms with Crippen LogP contribution in [-0.4, -0.2) is 27.4 Å². The van der Waals surface area contributed by atoms with Gasteiger partial charge in [0.25, 0.3) is 0 Å². The van der Waals surface area contributed by atoms with Gasteiger partial charge < -0.3 is 27.0 Å². The molecule has 0 unspecified atom stereocenters. The fourth-order valence-electron chi connectivity index (χ4n) is 3.36. The van der Waals surface area contributed by atoms with Crippen molar-refractivity contribution in [3.05, 3.63) is 77.0 Å². The van der Waals surface area contributed by atoms with Gasteiger partial charge in [0.2, 0.25) is 5.91 Å². The highest BCUT2D eigenvalue weighted by Crippen LogP contribution is 2.29. The normalized spacial score (nSPS) is 11.4. The molecule has 30 heavy (non-hydrogen) atoms. The first kappa shape index (κ1) is 20.7. The van der Waals surface area contributed by atoms with Crippen molar-refractivity contribution in [2.75, 3.05) is 0 Å². The molecule has 1 aromatic heterocycles. The van der Waals surface area contributed by atoms with Crippen molar-refractivity contribution in [1.29, 1.82) is 0 Å². The van der Waals surface area contributed by atoms with E-state index >= 15 is 0 Å². The van der Waals surface area contributed by atoms with Crippen LogP contribution in [-0.2, 0) is 11.2 Å². The Bertz CT molecular complexity index is 1130. The number of carboxylic acids is 1. The molecule has 0 saturated carbocycles. The molecule has 1 heterocycles. The molecule has 0 saturated heterocycles. The van der Waals surface area contributed by atoms with Crippen molar-refractivity contribution in [2.24, 2.45) is 22.4 Å². The van der Waals surface area contributed by atoms with Gasteiger partial charge in [-0.15, -0.1) is 0 Å². The summed E-state index contributed by atoms with van der Waals surface area (Å²) in [7, 11) is 0. The molecule has 0 aliphatic carbocycles. The van der Waals surface area contributed by atoms with E-state index in [1.807, 2.05) is 54.0 Å². The van der Waals surface area contributed by atoms with E-state index in [2.05, 4.69) is 5.10 Å². The lowest BCUT2D eigenvalue weighted by Gasteiger charge is -2.17. The summed E-state index contributed by atoms with van der Waals surface area (Å²) in [6.45, 7) is 1.88. The van der Waals surface area contributed by atoms with Crippen LogP contribution in [0.2, 0.25) is 0 Å². The second-order valence-corrected chi connectivity index (χ2v) is 6.90. The second-order valence-electron chi connectivity index (χ2n) is 6.90. The number of nitrogens with zero attached hydrogens (tertiary/aromatic N) is 2. The number of hydrogen-bond donors (Lipinski definition) is 4. The predicted molar refractivity (Wildman–Crippen MR) is 115 cm³/mol. The van der Waals surface area contributed by atoms with E-state index in [1.54, 1.807) is 12.1 Å². The van der Waals surface area contributed by atoms with Gasteiger partial charge in [-0.1, -0.05) is 24.3 Å². The lowest BCUT2D eigenvalue weighted by molar-refractivity contribution is -0.136. The van der Waals surface area contributed by atoms with Crippen molar-refractivity contribution in [3.63, 3.8) is 0 Å². The number of benzene rings is 2. The third-order valence-electron chi connectivity index (χ3n) is 4.89. The molecule has 0 aliphatic heterocycles. The number of amides is 1. The number of aliphatic carboxylic acids is 1. The maximum atomic E-state index is 11.5. The molecule has 0 bridgehead atoms. The summed E-state index contributed by atoms with van der Waals surface area (Å²) in [4.78, 5) is 22.6. The number of aryl methyl sites for hydroxylation is 2. The van der Waals surface area contributed by atoms with Gasteiger partial charge >= 0.3 is 5.97 Å². The lowest BCUT2D eigenvalue weighted by Crippen LogP contribution is -2.15. The molecule has 2 aromatic carbocycles. The maximum absolute atomic E-state index is 11.5. The molecule has 0 atom stereocenters. The quantitative estimate of drug-likeness (QED) is 0.206. The van der Waals surface area contributed by atoms with Gasteiger partial charge in [0.05, 0.1) is 12.1 Å². The van der Waals surface area contributed by atoms with Crippen LogP contribution in [0.3, 0.4) is 0 Å². The van der Waals surface area contributed by atoms with Crippen molar-refractivity contribution in [1.82, 2.24) is 4.57 Å². The first-order valence-electron chi connectivity index (χ1n) is 9.29. The minimum atomic E-state index is -0.869. The molecule has 8 nitrogen and oxygen atoms in total. The minimum Gasteiger partial charge on any atom is -0.481 e. The van der Waals surface area contributed by atoms with E-state index in [9.17, 15) is 9.59 Å². The van der Waals surface area contributed by atoms with E-state index in [0.29, 0.717) is 17.5 Å². The topological polar surface area (TPSA) is 150 Å². The zero-order valence-electron chi connectivity index (χ0n) is 16.5. The van der Waals surface area contributed by atoms with Gasteiger partial charge in [-0.25, -0.2) is 0 Å². The molecular formula is C22H23N5O3. The van der Waals surface area contributed by atoms with Crippen molar-refractivity contribution in [3.8, 4) is 16.9 Å². The SMILES string of the molecule is Cc1cc(C(N)=O)ccc1-n1c(CCC(=O)O)ccc1-c1ccc(/C(N)=N/N)cc1. The standard InChI is InChI=1S/C22H23N5O3/c1-13-12-16(22(24)30)6-9-18(13)27-17(8-11-20(28)29)7-10-19(27)14-2-4-15(5-3-14)21(23)26-25/h2-7,9-10,12H,8,11,25H2,1H3,(H2,23,26)(H2,24,30)(H,28,29). The van der Waals surface area contributed by atoms with Crippen LogP contribution >= 0.6 is 0 Å². The monoisotopic (exact) mass is 405 g/mol. The number of primary amides is 1. The molecule has 8 heteroatoms. The largest absolute Gasteiger partial charge is 0.481 e. The molecule has 3 rings (SSSR count). The summed E-state index contributed by atoms with van der Waals surface area (Å²) in [5.74, 6) is 4.10. The predicted octanol–water partition coefficient (Wildman–Crippen LogP) is 2.15. The van der Waals surface area contributed by atoms with Crippen molar-refractivity contribution >= 4 is 17.7 Å². The Morgan fingerprint density at radius 1 is 1.00 bits per heavy atom. The first-order valence-corrected chi connectivity index (χ1v) is 9.29. The molecule has 7 N–H and O–H groups in total. The Labute approximate surface area is 173 Å². The summed E-state index contributed by atoms with van der Waals surface area (Å²) in [5, 5.41) is 12.6. The van der Waals surface area contributed by atoms with Crippen LogP contribution in [0.5, 0.6) is 0 Å². The summed E-state index contributed by atoms with van der Waals surface area (Å²) >= 11 is 0. The van der Waals surface area contributed by atoms with Crippen LogP contribution in [0.1, 0.15) is 33.6 Å². The van der Waals surface area contributed by atoms with E-state index in [4.69, 9.17) is 22.4 Å². The molecule has 0 aliphatic rings. The number of nitrogens with two attached hydrogens (primary N) is 3. The van der Waals surface area contributed by atoms with Crippen molar-refractivity contribution in [2.45, 2.75) is 19.8 Å². The zero-order valence-corrected chi connectivity index (χ0v) is 16.5. The van der Waals surface area contributed by atoms with E-state index < -0.39 is 11.9 Å². The minimum absolute atomic E-state index is 0.00427. The summed E-state index contributed by atoms with van der Waals surface area (Å²) in [6.07, 6.45) is 0.363. The number of carbonyl (C=O) groups is 2. The van der Waals surface area contributed by atoms with Gasteiger partial charge in [-0.2, -0.15) is 5.10 Å². The number of carboxylic acid groups (broad SMARTS) is 1. The van der Waals surface area contributed by atoms with Gasteiger partial charge in [0.1, 0.15) is 5.84 Å². The van der Waals surface area contributed by atoms with Crippen LogP contribution in [0.25, 0.3) is 16.9 Å². The lowest BCUT2D eigenvalue weighted by atomic mass is 10.1. The fraction of sp³-hybridized carbons (Fsp3) is 0.136. The second kappa shape index (κ2) is 8.52. The number of rotatable bonds is 7. The van der Waals surface area contributed by atoms with E-state index in [-0.39, 0.29) is 12.3 Å². The van der Waals surface area contributed by atoms with E-state index in [1.165, 1.54) is 0 Å². The highest BCUT2D eigenvalue weighted by atomic mass is 16.4. The summed E-state index contributed by atoms with van der Waals surface area (Å²) in [6, 6.07) is 16.5. The molecule has 0 spiro atoms. The molecule has 1 amide bonds. The molecule has 0 fully saturated rings. The number of hydrazone groups is 1. The highest BCUT2D eigenvalue weighted by Gasteiger charge is 2.16. The number of hydrogen-bond acceptors (Lipinski definition) is 4. The van der Waals surface area contributed by atoms with Crippen LogP contribution in [0, 0.1) is 6.92 Å². The Hall–Kier alpha value is -4.07. The van der Waals surface area contributed by atoms with Gasteiger partial charge in [0, 0.05) is 22.5 Å². The third kappa shape index (κ3) is 4.17. The average molecular weight is 405 g/mol. The Morgan fingerprint density at radius 3 is 2.23 bits per heavy atom. The first-order chi connectivity index (χ1) is 14.3. The number of aromatic nitrogens is 1. The fourth-order valence-corrected chi connectivity index (χ4v) is 3.36. The molecule has 3 aromatic rings. The number of amidine groups is 1. The summed E-state index contributed by atoms with van der Waals surface area (Å²) < 4.78 is 2.00. The summed E-state index contributed by atoms with van der Waals surface area (Å²) in [5.41, 5.74) is 16.6. The van der Waals surface area contributed by atoms with Gasteiger partial charge in [0.15, 0.2) is 0 Å². The molecule has 154 valence electrons. The van der Waals surface area contributed by atoms with Gasteiger partial charge in [-0.3, -0.25) is 9.59 Å². The van der Waals surface area contributed by atoms with Crippen molar-refractivity contribution < 1.29 is 14.7 Å². The Morgan fingerprint density at radius 2 is 1.67 bits per heavy atom. The van der Waals surface area contributed by atoms with Crippen LogP contribution < -0.4 is 17.3 Å². The van der Waals surface area contributed by atoms with E-state index in [0.717, 1.165) is 28.2 Å². The Kier molecular flexibility index (Phi) is 5.87. The average Bonchev–Trinajstić information content (AvgIpc) is 3.15. The molecular weight excluding hydrogens is 382 g/mol. The zero-order chi connectivity index (χ0) is 21.8. The van der Waals surface area contributed by atoms with Crippen LogP contribution in [0.15, 0.2) is 59.7 Å². The Balaban J connectivity index is 2.13. The number of carbonyl (C=O) groups excluding carboxylic acids is 1. The van der Waals surface area contributed by atoms with Crippen LogP contribution in [0.4, 0.5) is 0 Å². The maximum Gasteiger partial charge on any atom is 0.303 e. The van der Waals surface area contributed by atoms with Gasteiger partial charge in [-0.05, 0) is 54.8 Å². The smallest absolute Gasteiger partial charge is 0.303 e.